The highest BCUT2D eigenvalue weighted by Crippen LogP contribution is 2.24. The number of likely N-dealkylation sites (N-methyl/N-ethyl adjacent to an activating group) is 1. The molecule has 0 unspecified atom stereocenters. The monoisotopic (exact) mass is 404 g/mol. The van der Waals surface area contributed by atoms with Crippen molar-refractivity contribution in [2.75, 3.05) is 19.0 Å². The van der Waals surface area contributed by atoms with Crippen LogP contribution in [0, 0.1) is 0 Å². The minimum Gasteiger partial charge on any atom is -0.493 e. The maximum absolute atomic E-state index is 12.6. The summed E-state index contributed by atoms with van der Waals surface area (Å²) in [7, 11) is 1.60. The number of ether oxygens (including phenoxy) is 1. The van der Waals surface area contributed by atoms with Crippen LogP contribution in [-0.2, 0) is 11.2 Å². The van der Waals surface area contributed by atoms with Crippen molar-refractivity contribution in [1.82, 2.24) is 5.32 Å². The second-order valence-corrected chi connectivity index (χ2v) is 6.41. The molecule has 2 N–H and O–H groups in total. The fourth-order valence-electron chi connectivity index (χ4n) is 2.20. The van der Waals surface area contributed by atoms with E-state index in [9.17, 15) is 9.59 Å². The van der Waals surface area contributed by atoms with Crippen LogP contribution in [0.15, 0.2) is 46.9 Å². The summed E-state index contributed by atoms with van der Waals surface area (Å²) in [6, 6.07) is 12.6. The molecular weight excluding hydrogens is 384 g/mol. The molecular formula is C19H21BrN2O3. The maximum atomic E-state index is 12.6. The average molecular weight is 405 g/mol. The predicted molar refractivity (Wildman–Crippen MR) is 102 cm³/mol. The molecule has 2 aromatic carbocycles. The standard InChI is InChI=1S/C19H21BrN2O3/c1-3-10-25-17-9-6-14(20)12-16(17)19(24)22-15-7-4-13(5-8-15)11-18(23)21-2/h4-9,12H,3,10-11H2,1-2H3,(H,21,23)(H,22,24). The van der Waals surface area contributed by atoms with Crippen LogP contribution in [0.5, 0.6) is 5.75 Å². The van der Waals surface area contributed by atoms with Crippen molar-refractivity contribution in [1.29, 1.82) is 0 Å². The fraction of sp³-hybridized carbons (Fsp3) is 0.263. The van der Waals surface area contributed by atoms with Gasteiger partial charge in [0, 0.05) is 17.2 Å². The Hall–Kier alpha value is -2.34. The number of amides is 2. The molecule has 0 bridgehead atoms. The van der Waals surface area contributed by atoms with Gasteiger partial charge in [0.05, 0.1) is 18.6 Å². The summed E-state index contributed by atoms with van der Waals surface area (Å²) >= 11 is 3.38. The van der Waals surface area contributed by atoms with Gasteiger partial charge in [-0.15, -0.1) is 0 Å². The van der Waals surface area contributed by atoms with E-state index in [-0.39, 0.29) is 11.8 Å². The van der Waals surface area contributed by atoms with Gasteiger partial charge in [0.25, 0.3) is 5.91 Å². The molecule has 2 aromatic rings. The number of benzene rings is 2. The molecule has 0 saturated heterocycles. The number of rotatable bonds is 7. The molecule has 0 radical (unpaired) electrons. The maximum Gasteiger partial charge on any atom is 0.259 e. The molecule has 5 nitrogen and oxygen atoms in total. The van der Waals surface area contributed by atoms with Gasteiger partial charge >= 0.3 is 0 Å². The molecule has 6 heteroatoms. The molecule has 2 amide bonds. The van der Waals surface area contributed by atoms with Crippen LogP contribution in [0.25, 0.3) is 0 Å². The van der Waals surface area contributed by atoms with Gasteiger partial charge < -0.3 is 15.4 Å². The van der Waals surface area contributed by atoms with Gasteiger partial charge in [-0.1, -0.05) is 35.0 Å². The average Bonchev–Trinajstić information content (AvgIpc) is 2.62. The van der Waals surface area contributed by atoms with Crippen LogP contribution < -0.4 is 15.4 Å². The minimum absolute atomic E-state index is 0.0522. The summed E-state index contributed by atoms with van der Waals surface area (Å²) < 4.78 is 6.46. The van der Waals surface area contributed by atoms with E-state index in [1.54, 1.807) is 31.3 Å². The van der Waals surface area contributed by atoms with Crippen molar-refractivity contribution in [2.45, 2.75) is 19.8 Å². The summed E-state index contributed by atoms with van der Waals surface area (Å²) in [4.78, 5) is 24.0. The lowest BCUT2D eigenvalue weighted by Crippen LogP contribution is -2.19. The molecule has 0 saturated carbocycles. The number of anilines is 1. The molecule has 0 aliphatic heterocycles. The third kappa shape index (κ3) is 5.60. The third-order valence-corrected chi connectivity index (χ3v) is 4.00. The normalized spacial score (nSPS) is 10.2. The van der Waals surface area contributed by atoms with Gasteiger partial charge in [0.2, 0.25) is 5.91 Å². The SMILES string of the molecule is CCCOc1ccc(Br)cc1C(=O)Nc1ccc(CC(=O)NC)cc1. The highest BCUT2D eigenvalue weighted by Gasteiger charge is 2.14. The lowest BCUT2D eigenvalue weighted by molar-refractivity contribution is -0.119. The topological polar surface area (TPSA) is 67.4 Å². The Morgan fingerprint density at radius 1 is 1.12 bits per heavy atom. The molecule has 25 heavy (non-hydrogen) atoms. The molecule has 2 rings (SSSR count). The first-order valence-electron chi connectivity index (χ1n) is 8.06. The van der Waals surface area contributed by atoms with Crippen molar-refractivity contribution in [2.24, 2.45) is 0 Å². The lowest BCUT2D eigenvalue weighted by Gasteiger charge is -2.12. The molecule has 0 spiro atoms. The molecule has 0 atom stereocenters. The van der Waals surface area contributed by atoms with Crippen molar-refractivity contribution in [3.63, 3.8) is 0 Å². The summed E-state index contributed by atoms with van der Waals surface area (Å²) in [5.41, 5.74) is 2.01. The highest BCUT2D eigenvalue weighted by molar-refractivity contribution is 9.10. The lowest BCUT2D eigenvalue weighted by atomic mass is 10.1. The summed E-state index contributed by atoms with van der Waals surface area (Å²) in [5, 5.41) is 5.44. The first-order valence-corrected chi connectivity index (χ1v) is 8.86. The van der Waals surface area contributed by atoms with Crippen LogP contribution in [0.3, 0.4) is 0 Å². The van der Waals surface area contributed by atoms with Gasteiger partial charge in [-0.3, -0.25) is 9.59 Å². The Kier molecular flexibility index (Phi) is 7.01. The molecule has 0 fully saturated rings. The van der Waals surface area contributed by atoms with E-state index in [1.165, 1.54) is 0 Å². The van der Waals surface area contributed by atoms with Crippen LogP contribution in [-0.4, -0.2) is 25.5 Å². The van der Waals surface area contributed by atoms with Crippen LogP contribution in [0.1, 0.15) is 29.3 Å². The van der Waals surface area contributed by atoms with Crippen LogP contribution >= 0.6 is 15.9 Å². The Balaban J connectivity index is 2.11. The number of nitrogens with one attached hydrogen (secondary N) is 2. The van der Waals surface area contributed by atoms with Crippen LogP contribution in [0.2, 0.25) is 0 Å². The zero-order chi connectivity index (χ0) is 18.2. The highest BCUT2D eigenvalue weighted by atomic mass is 79.9. The summed E-state index contributed by atoms with van der Waals surface area (Å²) in [5.74, 6) is 0.258. The molecule has 0 heterocycles. The van der Waals surface area contributed by atoms with Crippen molar-refractivity contribution in [3.05, 3.63) is 58.1 Å². The summed E-state index contributed by atoms with van der Waals surface area (Å²) in [6.45, 7) is 2.56. The zero-order valence-corrected chi connectivity index (χ0v) is 15.9. The smallest absolute Gasteiger partial charge is 0.259 e. The molecule has 0 aliphatic rings. The Bertz CT molecular complexity index is 745. The van der Waals surface area contributed by atoms with E-state index in [1.807, 2.05) is 25.1 Å². The van der Waals surface area contributed by atoms with Gasteiger partial charge in [-0.2, -0.15) is 0 Å². The molecule has 132 valence electrons. The molecule has 0 aliphatic carbocycles. The van der Waals surface area contributed by atoms with Gasteiger partial charge in [-0.05, 0) is 42.3 Å². The zero-order valence-electron chi connectivity index (χ0n) is 14.3. The van der Waals surface area contributed by atoms with E-state index >= 15 is 0 Å². The van der Waals surface area contributed by atoms with Crippen molar-refractivity contribution >= 4 is 33.4 Å². The number of carbonyl (C=O) groups excluding carboxylic acids is 2. The van der Waals surface area contributed by atoms with E-state index in [0.29, 0.717) is 30.0 Å². The third-order valence-electron chi connectivity index (χ3n) is 3.50. The first-order chi connectivity index (χ1) is 12.0. The van der Waals surface area contributed by atoms with E-state index in [4.69, 9.17) is 4.74 Å². The Morgan fingerprint density at radius 3 is 2.48 bits per heavy atom. The summed E-state index contributed by atoms with van der Waals surface area (Å²) in [6.07, 6.45) is 1.18. The fourth-order valence-corrected chi connectivity index (χ4v) is 2.56. The van der Waals surface area contributed by atoms with Crippen molar-refractivity contribution < 1.29 is 14.3 Å². The van der Waals surface area contributed by atoms with E-state index in [0.717, 1.165) is 16.5 Å². The minimum atomic E-state index is -0.244. The predicted octanol–water partition coefficient (Wildman–Crippen LogP) is 3.78. The van der Waals surface area contributed by atoms with Gasteiger partial charge in [0.15, 0.2) is 0 Å². The first kappa shape index (κ1) is 19.0. The number of carbonyl (C=O) groups is 2. The quantitative estimate of drug-likeness (QED) is 0.737. The Morgan fingerprint density at radius 2 is 1.84 bits per heavy atom. The van der Waals surface area contributed by atoms with E-state index in [2.05, 4.69) is 26.6 Å². The second kappa shape index (κ2) is 9.22. The largest absolute Gasteiger partial charge is 0.493 e. The van der Waals surface area contributed by atoms with Gasteiger partial charge in [-0.25, -0.2) is 0 Å². The molecule has 0 aromatic heterocycles. The van der Waals surface area contributed by atoms with Crippen LogP contribution in [0.4, 0.5) is 5.69 Å². The Labute approximate surface area is 155 Å². The number of hydrogen-bond donors (Lipinski definition) is 2. The number of hydrogen-bond acceptors (Lipinski definition) is 3. The van der Waals surface area contributed by atoms with Crippen molar-refractivity contribution in [3.8, 4) is 5.75 Å². The van der Waals surface area contributed by atoms with E-state index < -0.39 is 0 Å². The second-order valence-electron chi connectivity index (χ2n) is 5.49. The van der Waals surface area contributed by atoms with Gasteiger partial charge in [0.1, 0.15) is 5.75 Å². The number of halogens is 1.